The van der Waals surface area contributed by atoms with Crippen LogP contribution in [0.1, 0.15) is 20.3 Å². The van der Waals surface area contributed by atoms with Crippen LogP contribution in [-0.4, -0.2) is 39.0 Å². The number of benzene rings is 1. The van der Waals surface area contributed by atoms with Gasteiger partial charge in [0.25, 0.3) is 5.91 Å². The van der Waals surface area contributed by atoms with Crippen LogP contribution in [0.25, 0.3) is 0 Å². The van der Waals surface area contributed by atoms with E-state index in [0.29, 0.717) is 18.7 Å². The second kappa shape index (κ2) is 7.29. The van der Waals surface area contributed by atoms with Crippen LogP contribution in [-0.2, 0) is 16.1 Å². The number of hydrogen-bond acceptors (Lipinski definition) is 5. The number of imidazole rings is 1. The third-order valence-electron chi connectivity index (χ3n) is 4.08. The molecule has 0 radical (unpaired) electrons. The molecule has 1 amide bonds. The zero-order chi connectivity index (χ0) is 17.8. The summed E-state index contributed by atoms with van der Waals surface area (Å²) in [6.07, 6.45) is 5.57. The zero-order valence-electron chi connectivity index (χ0n) is 14.3. The van der Waals surface area contributed by atoms with Gasteiger partial charge >= 0.3 is 0 Å². The standard InChI is InChI=1S/C18H21N5O2/c1-13(11-22-9-8-19-12-22)20-18(25)16-10-17(14(2)24)23(21-16)15-6-4-3-5-7-15/h3-9,12-13,17H,10-11H2,1-2H3,(H,20,25)/t13-,17+/m0/s1. The highest BCUT2D eigenvalue weighted by Gasteiger charge is 2.34. The molecule has 1 N–H and O–H groups in total. The van der Waals surface area contributed by atoms with Gasteiger partial charge in [-0.3, -0.25) is 14.6 Å². The first-order chi connectivity index (χ1) is 12.0. The molecule has 1 aliphatic heterocycles. The highest BCUT2D eigenvalue weighted by atomic mass is 16.2. The summed E-state index contributed by atoms with van der Waals surface area (Å²) in [5, 5.41) is 8.98. The smallest absolute Gasteiger partial charge is 0.267 e. The van der Waals surface area contributed by atoms with Crippen molar-refractivity contribution in [2.75, 3.05) is 5.01 Å². The molecule has 0 bridgehead atoms. The lowest BCUT2D eigenvalue weighted by Gasteiger charge is -2.20. The van der Waals surface area contributed by atoms with E-state index >= 15 is 0 Å². The number of nitrogens with zero attached hydrogens (tertiary/aromatic N) is 4. The Morgan fingerprint density at radius 3 is 2.72 bits per heavy atom. The number of carbonyl (C=O) groups is 2. The van der Waals surface area contributed by atoms with Crippen LogP contribution < -0.4 is 10.3 Å². The van der Waals surface area contributed by atoms with Gasteiger partial charge in [0.2, 0.25) is 0 Å². The minimum atomic E-state index is -0.438. The third kappa shape index (κ3) is 3.93. The van der Waals surface area contributed by atoms with E-state index in [1.807, 2.05) is 48.0 Å². The minimum Gasteiger partial charge on any atom is -0.347 e. The maximum atomic E-state index is 12.5. The van der Waals surface area contributed by atoms with Crippen LogP contribution in [0.4, 0.5) is 5.69 Å². The minimum absolute atomic E-state index is 0.0122. The Kier molecular flexibility index (Phi) is 4.92. The molecule has 1 aliphatic rings. The predicted molar refractivity (Wildman–Crippen MR) is 95.3 cm³/mol. The normalized spacial score (nSPS) is 17.9. The van der Waals surface area contributed by atoms with Crippen LogP contribution >= 0.6 is 0 Å². The Morgan fingerprint density at radius 1 is 1.32 bits per heavy atom. The molecule has 1 aromatic heterocycles. The number of anilines is 1. The Balaban J connectivity index is 1.70. The molecule has 2 heterocycles. The zero-order valence-corrected chi connectivity index (χ0v) is 14.3. The largest absolute Gasteiger partial charge is 0.347 e. The van der Waals surface area contributed by atoms with Crippen LogP contribution in [0.15, 0.2) is 54.2 Å². The van der Waals surface area contributed by atoms with E-state index in [1.165, 1.54) is 6.92 Å². The monoisotopic (exact) mass is 339 g/mol. The van der Waals surface area contributed by atoms with E-state index in [4.69, 9.17) is 0 Å². The summed E-state index contributed by atoms with van der Waals surface area (Å²) >= 11 is 0. The molecule has 0 fully saturated rings. The van der Waals surface area contributed by atoms with Gasteiger partial charge in [-0.05, 0) is 26.0 Å². The first-order valence-corrected chi connectivity index (χ1v) is 8.23. The molecule has 2 atom stereocenters. The second-order valence-electron chi connectivity index (χ2n) is 6.19. The third-order valence-corrected chi connectivity index (χ3v) is 4.08. The number of para-hydroxylation sites is 1. The maximum absolute atomic E-state index is 12.5. The Bertz CT molecular complexity index is 770. The maximum Gasteiger partial charge on any atom is 0.267 e. The molecule has 1 aromatic carbocycles. The highest BCUT2D eigenvalue weighted by molar-refractivity contribution is 6.40. The van der Waals surface area contributed by atoms with Crippen molar-refractivity contribution in [3.05, 3.63) is 49.1 Å². The summed E-state index contributed by atoms with van der Waals surface area (Å²) < 4.78 is 1.90. The number of carbonyl (C=O) groups excluding carboxylic acids is 2. The van der Waals surface area contributed by atoms with Gasteiger partial charge in [0.05, 0.1) is 12.0 Å². The van der Waals surface area contributed by atoms with Crippen molar-refractivity contribution in [1.82, 2.24) is 14.9 Å². The molecular weight excluding hydrogens is 318 g/mol. The van der Waals surface area contributed by atoms with Crippen LogP contribution in [0.3, 0.4) is 0 Å². The van der Waals surface area contributed by atoms with Crippen molar-refractivity contribution in [3.63, 3.8) is 0 Å². The Labute approximate surface area is 146 Å². The van der Waals surface area contributed by atoms with E-state index in [2.05, 4.69) is 15.4 Å². The lowest BCUT2D eigenvalue weighted by atomic mass is 10.1. The number of nitrogens with one attached hydrogen (secondary N) is 1. The molecule has 7 nitrogen and oxygen atoms in total. The van der Waals surface area contributed by atoms with Gasteiger partial charge in [0.1, 0.15) is 11.8 Å². The molecule has 0 aliphatic carbocycles. The SMILES string of the molecule is CC(=O)[C@H]1CC(C(=O)N[C@@H](C)Cn2ccnc2)=NN1c1ccccc1. The number of hydrogen-bond donors (Lipinski definition) is 1. The second-order valence-corrected chi connectivity index (χ2v) is 6.19. The Hall–Kier alpha value is -2.96. The number of aromatic nitrogens is 2. The van der Waals surface area contributed by atoms with Crippen molar-refractivity contribution in [2.45, 2.75) is 38.9 Å². The quantitative estimate of drug-likeness (QED) is 0.867. The topological polar surface area (TPSA) is 79.6 Å². The molecule has 7 heteroatoms. The first-order valence-electron chi connectivity index (χ1n) is 8.23. The van der Waals surface area contributed by atoms with E-state index in [0.717, 1.165) is 5.69 Å². The fourth-order valence-corrected chi connectivity index (χ4v) is 2.85. The molecule has 25 heavy (non-hydrogen) atoms. The number of rotatable bonds is 6. The molecule has 0 spiro atoms. The van der Waals surface area contributed by atoms with E-state index in [9.17, 15) is 9.59 Å². The van der Waals surface area contributed by atoms with Crippen molar-refractivity contribution < 1.29 is 9.59 Å². The van der Waals surface area contributed by atoms with Crippen molar-refractivity contribution >= 4 is 23.1 Å². The molecule has 2 aromatic rings. The van der Waals surface area contributed by atoms with Crippen molar-refractivity contribution in [3.8, 4) is 0 Å². The molecular formula is C18H21N5O2. The molecule has 3 rings (SSSR count). The van der Waals surface area contributed by atoms with Crippen molar-refractivity contribution in [1.29, 1.82) is 0 Å². The average molecular weight is 339 g/mol. The fourth-order valence-electron chi connectivity index (χ4n) is 2.85. The highest BCUT2D eigenvalue weighted by Crippen LogP contribution is 2.25. The van der Waals surface area contributed by atoms with Gasteiger partial charge < -0.3 is 9.88 Å². The molecule has 130 valence electrons. The van der Waals surface area contributed by atoms with Gasteiger partial charge in [-0.15, -0.1) is 0 Å². The van der Waals surface area contributed by atoms with Gasteiger partial charge in [0, 0.05) is 31.4 Å². The van der Waals surface area contributed by atoms with Gasteiger partial charge in [-0.2, -0.15) is 5.10 Å². The average Bonchev–Trinajstić information content (AvgIpc) is 3.24. The Morgan fingerprint density at radius 2 is 2.08 bits per heavy atom. The van der Waals surface area contributed by atoms with E-state index in [-0.39, 0.29) is 17.7 Å². The summed E-state index contributed by atoms with van der Waals surface area (Å²) in [6, 6.07) is 8.90. The van der Waals surface area contributed by atoms with Gasteiger partial charge in [-0.25, -0.2) is 4.98 Å². The number of hydrazone groups is 1. The van der Waals surface area contributed by atoms with Crippen LogP contribution in [0, 0.1) is 0 Å². The summed E-state index contributed by atoms with van der Waals surface area (Å²) in [5.41, 5.74) is 1.18. The lowest BCUT2D eigenvalue weighted by Crippen LogP contribution is -2.40. The molecule has 0 unspecified atom stereocenters. The van der Waals surface area contributed by atoms with Crippen molar-refractivity contribution in [2.24, 2.45) is 5.10 Å². The summed E-state index contributed by atoms with van der Waals surface area (Å²) in [4.78, 5) is 28.5. The van der Waals surface area contributed by atoms with Crippen LogP contribution in [0.5, 0.6) is 0 Å². The van der Waals surface area contributed by atoms with E-state index < -0.39 is 6.04 Å². The van der Waals surface area contributed by atoms with Gasteiger partial charge in [-0.1, -0.05) is 18.2 Å². The van der Waals surface area contributed by atoms with Crippen LogP contribution in [0.2, 0.25) is 0 Å². The summed E-state index contributed by atoms with van der Waals surface area (Å²) in [6.45, 7) is 4.07. The van der Waals surface area contributed by atoms with Gasteiger partial charge in [0.15, 0.2) is 5.78 Å². The summed E-state index contributed by atoms with van der Waals surface area (Å²) in [5.74, 6) is -0.251. The van der Waals surface area contributed by atoms with E-state index in [1.54, 1.807) is 17.5 Å². The predicted octanol–water partition coefficient (Wildman–Crippen LogP) is 1.61. The molecule has 0 saturated heterocycles. The fraction of sp³-hybridized carbons (Fsp3) is 0.333. The summed E-state index contributed by atoms with van der Waals surface area (Å²) in [7, 11) is 0. The number of ketones is 1. The molecule has 0 saturated carbocycles. The number of Topliss-reactive ketones (excluding diaryl/α,β-unsaturated/α-hetero) is 1. The lowest BCUT2D eigenvalue weighted by molar-refractivity contribution is -0.118. The first kappa shape index (κ1) is 16.9. The number of amides is 1.